The van der Waals surface area contributed by atoms with Gasteiger partial charge in [-0.3, -0.25) is 4.90 Å². The summed E-state index contributed by atoms with van der Waals surface area (Å²) in [5.74, 6) is 0.977. The topological polar surface area (TPSA) is 55.2 Å². The van der Waals surface area contributed by atoms with Crippen molar-refractivity contribution in [3.05, 3.63) is 57.7 Å². The summed E-state index contributed by atoms with van der Waals surface area (Å²) in [5.41, 5.74) is 4.09. The molecule has 1 aromatic heterocycles. The molecule has 1 N–H and O–H groups in total. The zero-order valence-corrected chi connectivity index (χ0v) is 16.7. The van der Waals surface area contributed by atoms with Gasteiger partial charge in [0.25, 0.3) is 0 Å². The van der Waals surface area contributed by atoms with E-state index in [0.717, 1.165) is 63.6 Å². The molecule has 3 heterocycles. The van der Waals surface area contributed by atoms with E-state index in [2.05, 4.69) is 50.4 Å². The molecule has 142 valence electrons. The molecule has 1 fully saturated rings. The van der Waals surface area contributed by atoms with Gasteiger partial charge in [-0.1, -0.05) is 41.9 Å². The Morgan fingerprint density at radius 2 is 1.85 bits per heavy atom. The number of nitriles is 1. The van der Waals surface area contributed by atoms with Gasteiger partial charge in [-0.15, -0.1) is 12.4 Å². The summed E-state index contributed by atoms with van der Waals surface area (Å²) in [4.78, 5) is 9.30. The summed E-state index contributed by atoms with van der Waals surface area (Å²) in [6, 6.07) is 12.7. The van der Waals surface area contributed by atoms with Crippen molar-refractivity contribution in [2.24, 2.45) is 0 Å². The number of fused-ring (bicyclic) bond motifs is 1. The number of pyridine rings is 1. The van der Waals surface area contributed by atoms with Gasteiger partial charge in [-0.05, 0) is 17.5 Å². The lowest BCUT2D eigenvalue weighted by Gasteiger charge is -2.35. The number of nitrogens with zero attached hydrogens (tertiary/aromatic N) is 4. The van der Waals surface area contributed by atoms with E-state index in [-0.39, 0.29) is 12.4 Å². The molecule has 4 rings (SSSR count). The molecule has 0 bridgehead atoms. The number of hydrogen-bond donors (Lipinski definition) is 1. The quantitative estimate of drug-likeness (QED) is 0.798. The molecule has 2 aromatic rings. The smallest absolute Gasteiger partial charge is 0.149 e. The highest BCUT2D eigenvalue weighted by Crippen LogP contribution is 2.34. The lowest BCUT2D eigenvalue weighted by Crippen LogP contribution is -2.45. The van der Waals surface area contributed by atoms with E-state index in [1.807, 2.05) is 6.07 Å². The van der Waals surface area contributed by atoms with Gasteiger partial charge in [0.05, 0.1) is 5.56 Å². The number of hydrogen-bond acceptors (Lipinski definition) is 5. The average Bonchev–Trinajstić information content (AvgIpc) is 2.69. The van der Waals surface area contributed by atoms with E-state index < -0.39 is 0 Å². The minimum atomic E-state index is 0. The molecular formula is C20H23Cl2N5. The summed E-state index contributed by atoms with van der Waals surface area (Å²) in [6.07, 6.45) is 0.903. The molecule has 1 saturated heterocycles. The van der Waals surface area contributed by atoms with E-state index in [4.69, 9.17) is 11.6 Å². The monoisotopic (exact) mass is 403 g/mol. The molecule has 0 radical (unpaired) electrons. The van der Waals surface area contributed by atoms with Gasteiger partial charge in [0.15, 0.2) is 0 Å². The number of benzene rings is 1. The lowest BCUT2D eigenvalue weighted by atomic mass is 9.95. The highest BCUT2D eigenvalue weighted by molar-refractivity contribution is 6.30. The Labute approximate surface area is 171 Å². The number of halogens is 2. The van der Waals surface area contributed by atoms with Crippen LogP contribution in [-0.4, -0.2) is 42.6 Å². The van der Waals surface area contributed by atoms with Crippen molar-refractivity contribution in [2.75, 3.05) is 37.6 Å². The number of piperazine rings is 1. The predicted molar refractivity (Wildman–Crippen MR) is 111 cm³/mol. The summed E-state index contributed by atoms with van der Waals surface area (Å²) < 4.78 is 0. The molecule has 0 atom stereocenters. The Balaban J connectivity index is 0.00000210. The Morgan fingerprint density at radius 1 is 1.11 bits per heavy atom. The second-order valence-electron chi connectivity index (χ2n) is 6.85. The third kappa shape index (κ3) is 4.20. The maximum Gasteiger partial charge on any atom is 0.149 e. The fourth-order valence-corrected chi connectivity index (χ4v) is 4.10. The van der Waals surface area contributed by atoms with Crippen LogP contribution in [0.5, 0.6) is 0 Å². The van der Waals surface area contributed by atoms with Crippen LogP contribution in [0.15, 0.2) is 30.3 Å². The first-order valence-electron chi connectivity index (χ1n) is 9.09. The van der Waals surface area contributed by atoms with Crippen LogP contribution >= 0.6 is 24.0 Å². The Morgan fingerprint density at radius 3 is 2.56 bits per heavy atom. The van der Waals surface area contributed by atoms with Gasteiger partial charge in [0, 0.05) is 51.4 Å². The van der Waals surface area contributed by atoms with Crippen LogP contribution in [0.4, 0.5) is 5.82 Å². The van der Waals surface area contributed by atoms with Crippen molar-refractivity contribution in [1.29, 1.82) is 5.26 Å². The summed E-state index contributed by atoms with van der Waals surface area (Å²) >= 11 is 6.40. The maximum absolute atomic E-state index is 9.64. The van der Waals surface area contributed by atoms with Gasteiger partial charge in [-0.2, -0.15) is 5.26 Å². The minimum Gasteiger partial charge on any atom is -0.354 e. The van der Waals surface area contributed by atoms with Crippen molar-refractivity contribution in [1.82, 2.24) is 15.2 Å². The fourth-order valence-electron chi connectivity index (χ4n) is 3.86. The molecule has 27 heavy (non-hydrogen) atoms. The van der Waals surface area contributed by atoms with Crippen molar-refractivity contribution in [2.45, 2.75) is 19.5 Å². The van der Waals surface area contributed by atoms with Crippen LogP contribution in [0.2, 0.25) is 5.15 Å². The van der Waals surface area contributed by atoms with Crippen LogP contribution in [-0.2, 0) is 19.5 Å². The number of rotatable bonds is 3. The van der Waals surface area contributed by atoms with Gasteiger partial charge in [-0.25, -0.2) is 4.98 Å². The SMILES string of the molecule is Cl.N#Cc1c(Cl)nc(N2CCNCC2)c2c1CN(Cc1ccccc1)CC2. The number of nitrogens with one attached hydrogen (secondary N) is 1. The van der Waals surface area contributed by atoms with Crippen LogP contribution in [0, 0.1) is 11.3 Å². The molecule has 5 nitrogen and oxygen atoms in total. The molecule has 0 saturated carbocycles. The van der Waals surface area contributed by atoms with Crippen molar-refractivity contribution in [3.8, 4) is 6.07 Å². The summed E-state index contributed by atoms with van der Waals surface area (Å²) in [7, 11) is 0. The van der Waals surface area contributed by atoms with Gasteiger partial charge in [0.1, 0.15) is 17.0 Å². The summed E-state index contributed by atoms with van der Waals surface area (Å²) in [6.45, 7) is 6.35. The average molecular weight is 404 g/mol. The minimum absolute atomic E-state index is 0. The van der Waals surface area contributed by atoms with E-state index in [1.54, 1.807) is 0 Å². The first-order valence-corrected chi connectivity index (χ1v) is 9.47. The molecule has 2 aliphatic heterocycles. The van der Waals surface area contributed by atoms with E-state index >= 15 is 0 Å². The number of anilines is 1. The fraction of sp³-hybridized carbons (Fsp3) is 0.400. The number of aromatic nitrogens is 1. The van der Waals surface area contributed by atoms with E-state index in [0.29, 0.717) is 10.7 Å². The first kappa shape index (κ1) is 19.9. The lowest BCUT2D eigenvalue weighted by molar-refractivity contribution is 0.245. The van der Waals surface area contributed by atoms with Crippen molar-refractivity contribution < 1.29 is 0 Å². The molecule has 0 amide bonds. The van der Waals surface area contributed by atoms with Crippen LogP contribution < -0.4 is 10.2 Å². The third-order valence-corrected chi connectivity index (χ3v) is 5.46. The van der Waals surface area contributed by atoms with Crippen LogP contribution in [0.1, 0.15) is 22.3 Å². The van der Waals surface area contributed by atoms with Gasteiger partial charge < -0.3 is 10.2 Å². The molecule has 0 unspecified atom stereocenters. The normalized spacial score (nSPS) is 17.0. The second kappa shape index (κ2) is 8.90. The molecule has 1 aromatic carbocycles. The van der Waals surface area contributed by atoms with Crippen molar-refractivity contribution >= 4 is 29.8 Å². The Hall–Kier alpha value is -1.84. The van der Waals surface area contributed by atoms with Gasteiger partial charge >= 0.3 is 0 Å². The third-order valence-electron chi connectivity index (χ3n) is 5.18. The predicted octanol–water partition coefficient (Wildman–Crippen LogP) is 3.00. The standard InChI is InChI=1S/C20H22ClN5.ClH/c21-19-17(12-22)18-14-25(13-15-4-2-1-3-5-15)9-6-16(18)20(24-19)26-10-7-23-8-11-26;/h1-5,23H,6-11,13-14H2;1H. The Bertz CT molecular complexity index is 829. The highest BCUT2D eigenvalue weighted by atomic mass is 35.5. The first-order chi connectivity index (χ1) is 12.8. The second-order valence-corrected chi connectivity index (χ2v) is 7.21. The zero-order valence-electron chi connectivity index (χ0n) is 15.1. The van der Waals surface area contributed by atoms with E-state index in [1.165, 1.54) is 11.1 Å². The highest BCUT2D eigenvalue weighted by Gasteiger charge is 2.27. The Kier molecular flexibility index (Phi) is 6.56. The van der Waals surface area contributed by atoms with Crippen molar-refractivity contribution in [3.63, 3.8) is 0 Å². The van der Waals surface area contributed by atoms with Crippen LogP contribution in [0.3, 0.4) is 0 Å². The summed E-state index contributed by atoms with van der Waals surface area (Å²) in [5, 5.41) is 13.3. The molecule has 7 heteroatoms. The molecule has 0 aliphatic carbocycles. The molecule has 2 aliphatic rings. The van der Waals surface area contributed by atoms with Crippen LogP contribution in [0.25, 0.3) is 0 Å². The van der Waals surface area contributed by atoms with E-state index in [9.17, 15) is 5.26 Å². The molecular weight excluding hydrogens is 381 g/mol. The maximum atomic E-state index is 9.64. The zero-order chi connectivity index (χ0) is 17.9. The largest absolute Gasteiger partial charge is 0.354 e. The molecule has 0 spiro atoms. The van der Waals surface area contributed by atoms with Gasteiger partial charge in [0.2, 0.25) is 0 Å².